The number of carbonyl (C=O) groups excluding carboxylic acids is 1. The highest BCUT2D eigenvalue weighted by Gasteiger charge is 2.25. The van der Waals surface area contributed by atoms with Crippen molar-refractivity contribution in [3.05, 3.63) is 52.3 Å². The summed E-state index contributed by atoms with van der Waals surface area (Å²) >= 11 is 0. The fourth-order valence-electron chi connectivity index (χ4n) is 3.54. The Bertz CT molecular complexity index is 783. The van der Waals surface area contributed by atoms with Crippen LogP contribution >= 0.6 is 0 Å². The highest BCUT2D eigenvalue weighted by molar-refractivity contribution is 5.92. The zero-order chi connectivity index (χ0) is 18.5. The number of hydrogen-bond acceptors (Lipinski definition) is 5. The molecule has 0 bridgehead atoms. The Labute approximate surface area is 151 Å². The van der Waals surface area contributed by atoms with E-state index in [1.807, 2.05) is 0 Å². The number of nitro benzene ring substituents is 1. The minimum absolute atomic E-state index is 0.0652. The van der Waals surface area contributed by atoms with E-state index in [0.29, 0.717) is 18.2 Å². The summed E-state index contributed by atoms with van der Waals surface area (Å²) in [4.78, 5) is 23.2. The first-order valence-electron chi connectivity index (χ1n) is 8.90. The molecule has 1 heterocycles. The number of nitro groups is 1. The van der Waals surface area contributed by atoms with Gasteiger partial charge in [0.15, 0.2) is 5.69 Å². The van der Waals surface area contributed by atoms with E-state index >= 15 is 0 Å². The lowest BCUT2D eigenvalue weighted by Crippen LogP contribution is -2.46. The molecular weight excluding hydrogens is 334 g/mol. The molecule has 8 heteroatoms. The van der Waals surface area contributed by atoms with Crippen LogP contribution in [0.2, 0.25) is 0 Å². The number of carbonyl (C=O) groups is 1. The molecule has 1 unspecified atom stereocenters. The van der Waals surface area contributed by atoms with Crippen molar-refractivity contribution in [2.24, 2.45) is 11.7 Å². The predicted molar refractivity (Wildman–Crippen MR) is 97.1 cm³/mol. The predicted octanol–water partition coefficient (Wildman–Crippen LogP) is 2.42. The number of nitrogens with one attached hydrogen (secondary N) is 1. The molecule has 1 aliphatic carbocycles. The van der Waals surface area contributed by atoms with Gasteiger partial charge in [0.05, 0.1) is 4.92 Å². The quantitative estimate of drug-likeness (QED) is 0.608. The average Bonchev–Trinajstić information content (AvgIpc) is 3.17. The minimum atomic E-state index is -0.468. The number of para-hydroxylation sites is 2. The van der Waals surface area contributed by atoms with Gasteiger partial charge in [0.1, 0.15) is 5.69 Å². The first kappa shape index (κ1) is 18.1. The molecule has 1 amide bonds. The molecule has 1 fully saturated rings. The van der Waals surface area contributed by atoms with Gasteiger partial charge in [-0.15, -0.1) is 0 Å². The average molecular weight is 357 g/mol. The Balaban J connectivity index is 1.75. The highest BCUT2D eigenvalue weighted by Crippen LogP contribution is 2.26. The van der Waals surface area contributed by atoms with Crippen LogP contribution in [0.25, 0.3) is 5.69 Å². The summed E-state index contributed by atoms with van der Waals surface area (Å²) in [6.45, 7) is 0.390. The number of nitrogens with two attached hydrogens (primary N) is 1. The molecule has 0 radical (unpaired) electrons. The van der Waals surface area contributed by atoms with Crippen molar-refractivity contribution in [3.8, 4) is 5.69 Å². The normalized spacial score (nSPS) is 16.2. The van der Waals surface area contributed by atoms with Crippen LogP contribution in [0.1, 0.15) is 42.6 Å². The lowest BCUT2D eigenvalue weighted by molar-refractivity contribution is -0.384. The van der Waals surface area contributed by atoms with Crippen molar-refractivity contribution in [1.29, 1.82) is 0 Å². The summed E-state index contributed by atoms with van der Waals surface area (Å²) in [5.74, 6) is 0.0957. The Hall–Kier alpha value is -2.74. The molecular formula is C18H23N5O3. The fourth-order valence-corrected chi connectivity index (χ4v) is 3.54. The molecule has 0 aliphatic heterocycles. The Kier molecular flexibility index (Phi) is 5.62. The third kappa shape index (κ3) is 3.91. The molecule has 8 nitrogen and oxygen atoms in total. The number of benzene rings is 1. The molecule has 1 aliphatic rings. The summed E-state index contributed by atoms with van der Waals surface area (Å²) in [5, 5.41) is 18.4. The molecule has 1 aromatic carbocycles. The van der Waals surface area contributed by atoms with Crippen LogP contribution in [0.5, 0.6) is 0 Å². The Morgan fingerprint density at radius 3 is 2.73 bits per heavy atom. The van der Waals surface area contributed by atoms with Gasteiger partial charge < -0.3 is 11.1 Å². The second-order valence-electron chi connectivity index (χ2n) is 6.61. The SMILES string of the molecule is NCC(NC(=O)c1ccn(-c2ccccc2[N+](=O)[O-])n1)C1CCCCC1. The summed E-state index contributed by atoms with van der Waals surface area (Å²) in [6, 6.07) is 7.77. The van der Waals surface area contributed by atoms with Crippen molar-refractivity contribution < 1.29 is 9.72 Å². The standard InChI is InChI=1S/C18H23N5O3/c19-12-15(13-6-2-1-3-7-13)20-18(24)14-10-11-22(21-14)16-8-4-5-9-17(16)23(25)26/h4-5,8-11,13,15H,1-3,6-7,12,19H2,(H,20,24). The van der Waals surface area contributed by atoms with Crippen molar-refractivity contribution in [2.45, 2.75) is 38.1 Å². The van der Waals surface area contributed by atoms with Gasteiger partial charge in [0, 0.05) is 24.8 Å². The van der Waals surface area contributed by atoms with Crippen molar-refractivity contribution >= 4 is 11.6 Å². The monoisotopic (exact) mass is 357 g/mol. The molecule has 138 valence electrons. The van der Waals surface area contributed by atoms with Crippen LogP contribution in [-0.4, -0.2) is 33.2 Å². The van der Waals surface area contributed by atoms with E-state index < -0.39 is 4.92 Å². The second-order valence-corrected chi connectivity index (χ2v) is 6.61. The molecule has 1 aromatic heterocycles. The number of rotatable bonds is 6. The minimum Gasteiger partial charge on any atom is -0.346 e. The molecule has 3 N–H and O–H groups in total. The van der Waals surface area contributed by atoms with E-state index in [-0.39, 0.29) is 23.3 Å². The van der Waals surface area contributed by atoms with Crippen molar-refractivity contribution in [2.75, 3.05) is 6.54 Å². The maximum absolute atomic E-state index is 12.5. The number of nitrogens with zero attached hydrogens (tertiary/aromatic N) is 3. The molecule has 2 aromatic rings. The zero-order valence-corrected chi connectivity index (χ0v) is 14.5. The van der Waals surface area contributed by atoms with Gasteiger partial charge in [-0.1, -0.05) is 31.4 Å². The number of hydrogen-bond donors (Lipinski definition) is 2. The van der Waals surface area contributed by atoms with Gasteiger partial charge >= 0.3 is 0 Å². The van der Waals surface area contributed by atoms with Crippen LogP contribution in [0.4, 0.5) is 5.69 Å². The first-order chi connectivity index (χ1) is 12.6. The molecule has 0 spiro atoms. The van der Waals surface area contributed by atoms with Gasteiger partial charge in [0.2, 0.25) is 0 Å². The lowest BCUT2D eigenvalue weighted by Gasteiger charge is -2.29. The van der Waals surface area contributed by atoms with E-state index in [1.54, 1.807) is 30.5 Å². The van der Waals surface area contributed by atoms with Crippen LogP contribution in [0.3, 0.4) is 0 Å². The Morgan fingerprint density at radius 1 is 1.31 bits per heavy atom. The number of amides is 1. The van der Waals surface area contributed by atoms with Crippen molar-refractivity contribution in [3.63, 3.8) is 0 Å². The van der Waals surface area contributed by atoms with Crippen molar-refractivity contribution in [1.82, 2.24) is 15.1 Å². The summed E-state index contributed by atoms with van der Waals surface area (Å²) in [7, 11) is 0. The molecule has 0 saturated heterocycles. The van der Waals surface area contributed by atoms with Crippen LogP contribution in [0.15, 0.2) is 36.5 Å². The molecule has 1 atom stereocenters. The summed E-state index contributed by atoms with van der Waals surface area (Å²) in [5.41, 5.74) is 6.34. The summed E-state index contributed by atoms with van der Waals surface area (Å²) in [6.07, 6.45) is 7.28. The van der Waals surface area contributed by atoms with E-state index in [0.717, 1.165) is 12.8 Å². The summed E-state index contributed by atoms with van der Waals surface area (Å²) < 4.78 is 1.35. The van der Waals surface area contributed by atoms with E-state index in [9.17, 15) is 14.9 Å². The van der Waals surface area contributed by atoms with Crippen LogP contribution < -0.4 is 11.1 Å². The topological polar surface area (TPSA) is 116 Å². The largest absolute Gasteiger partial charge is 0.346 e. The molecule has 26 heavy (non-hydrogen) atoms. The van der Waals surface area contributed by atoms with Gasteiger partial charge in [0.25, 0.3) is 11.6 Å². The van der Waals surface area contributed by atoms with Crippen LogP contribution in [-0.2, 0) is 0 Å². The second kappa shape index (κ2) is 8.09. The fraction of sp³-hybridized carbons (Fsp3) is 0.444. The number of aromatic nitrogens is 2. The third-order valence-corrected chi connectivity index (χ3v) is 4.94. The molecule has 1 saturated carbocycles. The van der Waals surface area contributed by atoms with E-state index in [4.69, 9.17) is 5.73 Å². The highest BCUT2D eigenvalue weighted by atomic mass is 16.6. The smallest absolute Gasteiger partial charge is 0.294 e. The first-order valence-corrected chi connectivity index (χ1v) is 8.90. The maximum Gasteiger partial charge on any atom is 0.294 e. The Morgan fingerprint density at radius 2 is 2.04 bits per heavy atom. The zero-order valence-electron chi connectivity index (χ0n) is 14.5. The van der Waals surface area contributed by atoms with Gasteiger partial charge in [-0.2, -0.15) is 5.10 Å². The van der Waals surface area contributed by atoms with E-state index in [1.165, 1.54) is 30.0 Å². The molecule has 3 rings (SSSR count). The lowest BCUT2D eigenvalue weighted by atomic mass is 9.84. The van der Waals surface area contributed by atoms with Gasteiger partial charge in [-0.25, -0.2) is 4.68 Å². The maximum atomic E-state index is 12.5. The van der Waals surface area contributed by atoms with Crippen LogP contribution in [0, 0.1) is 16.0 Å². The third-order valence-electron chi connectivity index (χ3n) is 4.94. The van der Waals surface area contributed by atoms with Gasteiger partial charge in [-0.3, -0.25) is 14.9 Å². The van der Waals surface area contributed by atoms with E-state index in [2.05, 4.69) is 10.4 Å². The van der Waals surface area contributed by atoms with Gasteiger partial charge in [-0.05, 0) is 30.9 Å².